The molecule has 0 aromatic carbocycles. The zero-order valence-corrected chi connectivity index (χ0v) is 14.0. The summed E-state index contributed by atoms with van der Waals surface area (Å²) in [5, 5.41) is 3.01. The first-order valence-electron chi connectivity index (χ1n) is 7.38. The van der Waals surface area contributed by atoms with Crippen LogP contribution in [0.2, 0.25) is 4.34 Å². The lowest BCUT2D eigenvalue weighted by molar-refractivity contribution is -0.142. The molecule has 1 aliphatic heterocycles. The molecule has 4 nitrogen and oxygen atoms in total. The third-order valence-corrected chi connectivity index (χ3v) is 5.22. The van der Waals surface area contributed by atoms with Crippen LogP contribution in [0.1, 0.15) is 50.4 Å². The fraction of sp³-hybridized carbons (Fsp3) is 0.600. The highest BCUT2D eigenvalue weighted by atomic mass is 35.5. The molecule has 0 radical (unpaired) electrons. The van der Waals surface area contributed by atoms with E-state index in [0.717, 1.165) is 24.1 Å². The monoisotopic (exact) mass is 328 g/mol. The first kappa shape index (κ1) is 16.3. The van der Waals surface area contributed by atoms with Crippen LogP contribution in [0.3, 0.4) is 0 Å². The van der Waals surface area contributed by atoms with Gasteiger partial charge in [-0.25, -0.2) is 0 Å². The van der Waals surface area contributed by atoms with E-state index in [0.29, 0.717) is 17.3 Å². The van der Waals surface area contributed by atoms with Gasteiger partial charge in [-0.3, -0.25) is 9.59 Å². The van der Waals surface area contributed by atoms with Crippen LogP contribution in [0.5, 0.6) is 0 Å². The Morgan fingerprint density at radius 3 is 2.86 bits per heavy atom. The summed E-state index contributed by atoms with van der Waals surface area (Å²) in [6.07, 6.45) is 3.16. The quantitative estimate of drug-likeness (QED) is 0.921. The molecule has 1 N–H and O–H groups in total. The normalized spacial score (nSPS) is 20.1. The molecule has 0 aliphatic carbocycles. The van der Waals surface area contributed by atoms with Crippen molar-refractivity contribution < 1.29 is 9.59 Å². The van der Waals surface area contributed by atoms with E-state index in [1.807, 2.05) is 26.0 Å². The van der Waals surface area contributed by atoms with Gasteiger partial charge < -0.3 is 10.2 Å². The molecule has 2 atom stereocenters. The molecule has 0 bridgehead atoms. The second-order valence-electron chi connectivity index (χ2n) is 5.32. The molecule has 1 aromatic heterocycles. The second kappa shape index (κ2) is 7.27. The molecule has 116 valence electrons. The Balaban J connectivity index is 2.02. The molecule has 0 saturated carbocycles. The zero-order chi connectivity index (χ0) is 15.4. The summed E-state index contributed by atoms with van der Waals surface area (Å²) in [5.41, 5.74) is 0. The Morgan fingerprint density at radius 1 is 1.48 bits per heavy atom. The second-order valence-corrected chi connectivity index (χ2v) is 7.07. The fourth-order valence-electron chi connectivity index (χ4n) is 2.65. The van der Waals surface area contributed by atoms with E-state index < -0.39 is 0 Å². The van der Waals surface area contributed by atoms with Crippen LogP contribution in [-0.4, -0.2) is 29.3 Å². The van der Waals surface area contributed by atoms with Crippen LogP contribution < -0.4 is 5.32 Å². The molecule has 2 amide bonds. The Labute approximate surface area is 134 Å². The number of halogens is 1. The number of likely N-dealkylation sites (tertiary alicyclic amines) is 1. The van der Waals surface area contributed by atoms with Gasteiger partial charge in [0.05, 0.1) is 10.4 Å². The molecule has 21 heavy (non-hydrogen) atoms. The van der Waals surface area contributed by atoms with Crippen LogP contribution in [0.25, 0.3) is 0 Å². The van der Waals surface area contributed by atoms with Crippen molar-refractivity contribution in [2.75, 3.05) is 6.54 Å². The van der Waals surface area contributed by atoms with Gasteiger partial charge in [-0.1, -0.05) is 18.5 Å². The molecule has 0 unspecified atom stereocenters. The maximum atomic E-state index is 12.5. The smallest absolute Gasteiger partial charge is 0.243 e. The highest BCUT2D eigenvalue weighted by molar-refractivity contribution is 7.16. The van der Waals surface area contributed by atoms with Gasteiger partial charge in [0.2, 0.25) is 11.8 Å². The van der Waals surface area contributed by atoms with E-state index in [2.05, 4.69) is 5.32 Å². The van der Waals surface area contributed by atoms with E-state index in [1.165, 1.54) is 11.3 Å². The van der Waals surface area contributed by atoms with Crippen molar-refractivity contribution in [2.24, 2.45) is 0 Å². The number of nitrogens with one attached hydrogen (secondary N) is 1. The Hall–Kier alpha value is -1.07. The van der Waals surface area contributed by atoms with Gasteiger partial charge in [0, 0.05) is 17.8 Å². The standard InChI is InChI=1S/C15H21ClN2O2S/c1-3-14(19)18-9-5-4-6-11(18)15(20)17-10(2)12-7-8-13(16)21-12/h7-8,10-11H,3-6,9H2,1-2H3,(H,17,20)/t10-,11+/m1/s1. The fourth-order valence-corrected chi connectivity index (χ4v) is 3.71. The molecule has 2 rings (SSSR count). The molecule has 2 heterocycles. The highest BCUT2D eigenvalue weighted by Gasteiger charge is 2.31. The summed E-state index contributed by atoms with van der Waals surface area (Å²) >= 11 is 7.39. The van der Waals surface area contributed by atoms with E-state index in [1.54, 1.807) is 4.90 Å². The number of carbonyl (C=O) groups excluding carboxylic acids is 2. The van der Waals surface area contributed by atoms with Crippen LogP contribution in [0.4, 0.5) is 0 Å². The van der Waals surface area contributed by atoms with E-state index >= 15 is 0 Å². The number of piperidine rings is 1. The van der Waals surface area contributed by atoms with E-state index in [9.17, 15) is 9.59 Å². The van der Waals surface area contributed by atoms with Crippen LogP contribution in [-0.2, 0) is 9.59 Å². The summed E-state index contributed by atoms with van der Waals surface area (Å²) in [5.74, 6) is -0.00445. The van der Waals surface area contributed by atoms with Gasteiger partial charge in [0.15, 0.2) is 0 Å². The minimum atomic E-state index is -0.330. The molecular formula is C15H21ClN2O2S. The molecule has 1 fully saturated rings. The van der Waals surface area contributed by atoms with Crippen molar-refractivity contribution in [3.05, 3.63) is 21.3 Å². The van der Waals surface area contributed by atoms with Crippen molar-refractivity contribution in [2.45, 2.75) is 51.6 Å². The molecule has 0 spiro atoms. The number of hydrogen-bond acceptors (Lipinski definition) is 3. The minimum Gasteiger partial charge on any atom is -0.347 e. The SMILES string of the molecule is CCC(=O)N1CCCC[C@H]1C(=O)N[C@H](C)c1ccc(Cl)s1. The summed E-state index contributed by atoms with van der Waals surface area (Å²) in [4.78, 5) is 27.2. The lowest BCUT2D eigenvalue weighted by Crippen LogP contribution is -2.52. The third-order valence-electron chi connectivity index (χ3n) is 3.81. The predicted octanol–water partition coefficient (Wildman–Crippen LogP) is 3.37. The van der Waals surface area contributed by atoms with Crippen molar-refractivity contribution in [1.82, 2.24) is 10.2 Å². The van der Waals surface area contributed by atoms with Crippen molar-refractivity contribution in [1.29, 1.82) is 0 Å². The number of amides is 2. The van der Waals surface area contributed by atoms with E-state index in [-0.39, 0.29) is 23.9 Å². The maximum absolute atomic E-state index is 12.5. The van der Waals surface area contributed by atoms with Gasteiger partial charge in [-0.05, 0) is 38.3 Å². The Kier molecular flexibility index (Phi) is 5.65. The number of nitrogens with zero attached hydrogens (tertiary/aromatic N) is 1. The van der Waals surface area contributed by atoms with Gasteiger partial charge in [-0.2, -0.15) is 0 Å². The number of rotatable bonds is 4. The maximum Gasteiger partial charge on any atom is 0.243 e. The molecule has 1 aliphatic rings. The molecule has 1 aromatic rings. The molecular weight excluding hydrogens is 308 g/mol. The van der Waals surface area contributed by atoms with Crippen molar-refractivity contribution >= 4 is 34.8 Å². The van der Waals surface area contributed by atoms with Crippen LogP contribution in [0, 0.1) is 0 Å². The average Bonchev–Trinajstić information content (AvgIpc) is 2.93. The van der Waals surface area contributed by atoms with Gasteiger partial charge in [0.25, 0.3) is 0 Å². The number of carbonyl (C=O) groups is 2. The van der Waals surface area contributed by atoms with Crippen molar-refractivity contribution in [3.63, 3.8) is 0 Å². The largest absolute Gasteiger partial charge is 0.347 e. The third kappa shape index (κ3) is 3.98. The van der Waals surface area contributed by atoms with Gasteiger partial charge >= 0.3 is 0 Å². The minimum absolute atomic E-state index is 0.0571. The summed E-state index contributed by atoms with van der Waals surface area (Å²) < 4.78 is 0.714. The Morgan fingerprint density at radius 2 is 2.24 bits per heavy atom. The number of thiophene rings is 1. The van der Waals surface area contributed by atoms with Crippen LogP contribution in [0.15, 0.2) is 12.1 Å². The molecule has 6 heteroatoms. The number of hydrogen-bond donors (Lipinski definition) is 1. The first-order valence-corrected chi connectivity index (χ1v) is 8.57. The first-order chi connectivity index (χ1) is 10.0. The lowest BCUT2D eigenvalue weighted by atomic mass is 10.0. The van der Waals surface area contributed by atoms with E-state index in [4.69, 9.17) is 11.6 Å². The predicted molar refractivity (Wildman–Crippen MR) is 85.5 cm³/mol. The molecule has 1 saturated heterocycles. The highest BCUT2D eigenvalue weighted by Crippen LogP contribution is 2.27. The Bertz CT molecular complexity index is 518. The lowest BCUT2D eigenvalue weighted by Gasteiger charge is -2.35. The summed E-state index contributed by atoms with van der Waals surface area (Å²) in [7, 11) is 0. The van der Waals surface area contributed by atoms with Crippen molar-refractivity contribution in [3.8, 4) is 0 Å². The van der Waals surface area contributed by atoms with Gasteiger partial charge in [0.1, 0.15) is 6.04 Å². The summed E-state index contributed by atoms with van der Waals surface area (Å²) in [6.45, 7) is 4.46. The van der Waals surface area contributed by atoms with Gasteiger partial charge in [-0.15, -0.1) is 11.3 Å². The zero-order valence-electron chi connectivity index (χ0n) is 12.4. The summed E-state index contributed by atoms with van der Waals surface area (Å²) in [6, 6.07) is 3.34. The topological polar surface area (TPSA) is 49.4 Å². The average molecular weight is 329 g/mol. The van der Waals surface area contributed by atoms with Crippen LogP contribution >= 0.6 is 22.9 Å².